The molecule has 2 aromatic rings. The molecular formula is C18H17NO2. The zero-order valence-electron chi connectivity index (χ0n) is 11.8. The average Bonchev–Trinajstić information content (AvgIpc) is 2.99. The Morgan fingerprint density at radius 3 is 2.95 bits per heavy atom. The van der Waals surface area contributed by atoms with Gasteiger partial charge in [-0.3, -0.25) is 4.98 Å². The number of nitrogens with zero attached hydrogens (tertiary/aromatic N) is 1. The van der Waals surface area contributed by atoms with Gasteiger partial charge in [-0.25, -0.2) is 0 Å². The van der Waals surface area contributed by atoms with Crippen LogP contribution in [0.2, 0.25) is 0 Å². The smallest absolute Gasteiger partial charge is 0.139 e. The van der Waals surface area contributed by atoms with Crippen LogP contribution in [0.25, 0.3) is 0 Å². The minimum atomic E-state index is -0.153. The molecule has 21 heavy (non-hydrogen) atoms. The van der Waals surface area contributed by atoms with Crippen LogP contribution >= 0.6 is 0 Å². The Balaban J connectivity index is 1.67. The van der Waals surface area contributed by atoms with Gasteiger partial charge in [0.1, 0.15) is 19.0 Å². The molecule has 3 heteroatoms. The minimum Gasteiger partial charge on any atom is -0.487 e. The van der Waals surface area contributed by atoms with E-state index in [4.69, 9.17) is 9.84 Å². The van der Waals surface area contributed by atoms with Gasteiger partial charge in [-0.15, -0.1) is 0 Å². The second-order valence-corrected chi connectivity index (χ2v) is 5.11. The summed E-state index contributed by atoms with van der Waals surface area (Å²) in [7, 11) is 0. The first-order valence-corrected chi connectivity index (χ1v) is 7.13. The molecule has 0 saturated heterocycles. The standard InChI is InChI=1S/C18H17NO2/c20-8-2-3-14-10-18(12-19-11-14)21-13-15-6-7-16-4-1-5-17(16)9-15/h6-7,9-12,20H,1,4-5,8,13H2. The zero-order chi connectivity index (χ0) is 14.5. The summed E-state index contributed by atoms with van der Waals surface area (Å²) in [6.45, 7) is 0.381. The van der Waals surface area contributed by atoms with Gasteiger partial charge in [0.15, 0.2) is 0 Å². The number of rotatable bonds is 3. The highest BCUT2D eigenvalue weighted by Gasteiger charge is 2.10. The molecule has 0 fully saturated rings. The molecule has 3 nitrogen and oxygen atoms in total. The van der Waals surface area contributed by atoms with Crippen molar-refractivity contribution in [1.82, 2.24) is 4.98 Å². The third-order valence-corrected chi connectivity index (χ3v) is 3.59. The van der Waals surface area contributed by atoms with Crippen LogP contribution in [0.3, 0.4) is 0 Å². The monoisotopic (exact) mass is 279 g/mol. The van der Waals surface area contributed by atoms with Gasteiger partial charge >= 0.3 is 0 Å². The molecule has 1 aromatic carbocycles. The summed E-state index contributed by atoms with van der Waals surface area (Å²) in [5.74, 6) is 6.12. The molecular weight excluding hydrogens is 262 g/mol. The van der Waals surface area contributed by atoms with Gasteiger partial charge in [0.25, 0.3) is 0 Å². The first-order chi connectivity index (χ1) is 10.3. The second-order valence-electron chi connectivity index (χ2n) is 5.11. The molecule has 1 aliphatic carbocycles. The summed E-state index contributed by atoms with van der Waals surface area (Å²) in [5, 5.41) is 8.70. The fraction of sp³-hybridized carbons (Fsp3) is 0.278. The molecule has 0 atom stereocenters. The number of aliphatic hydroxyl groups excluding tert-OH is 1. The van der Waals surface area contributed by atoms with Gasteiger partial charge < -0.3 is 9.84 Å². The summed E-state index contributed by atoms with van der Waals surface area (Å²) < 4.78 is 5.78. The molecule has 1 N–H and O–H groups in total. The summed E-state index contributed by atoms with van der Waals surface area (Å²) in [6.07, 6.45) is 6.97. The predicted octanol–water partition coefficient (Wildman–Crippen LogP) is 2.49. The van der Waals surface area contributed by atoms with Crippen LogP contribution in [0.5, 0.6) is 5.75 Å². The van der Waals surface area contributed by atoms with E-state index in [1.165, 1.54) is 36.0 Å². The molecule has 3 rings (SSSR count). The van der Waals surface area contributed by atoms with Crippen LogP contribution in [0.15, 0.2) is 36.7 Å². The van der Waals surface area contributed by atoms with Crippen molar-refractivity contribution in [3.05, 3.63) is 58.9 Å². The number of pyridine rings is 1. The summed E-state index contributed by atoms with van der Waals surface area (Å²) in [5.41, 5.74) is 4.86. The fourth-order valence-corrected chi connectivity index (χ4v) is 2.59. The molecule has 106 valence electrons. The number of ether oxygens (including phenoxy) is 1. The lowest BCUT2D eigenvalue weighted by atomic mass is 10.1. The molecule has 0 spiro atoms. The SMILES string of the molecule is OCC#Cc1cncc(OCc2ccc3c(c2)CCC3)c1. The molecule has 0 unspecified atom stereocenters. The summed E-state index contributed by atoms with van der Waals surface area (Å²) >= 11 is 0. The van der Waals surface area contributed by atoms with Crippen LogP contribution in [-0.4, -0.2) is 16.7 Å². The highest BCUT2D eigenvalue weighted by atomic mass is 16.5. The number of benzene rings is 1. The third-order valence-electron chi connectivity index (χ3n) is 3.59. The van der Waals surface area contributed by atoms with Crippen LogP contribution < -0.4 is 4.74 Å². The van der Waals surface area contributed by atoms with Gasteiger partial charge in [-0.05, 0) is 42.0 Å². The summed E-state index contributed by atoms with van der Waals surface area (Å²) in [6, 6.07) is 8.42. The fourth-order valence-electron chi connectivity index (χ4n) is 2.59. The van der Waals surface area contributed by atoms with Crippen molar-refractivity contribution in [1.29, 1.82) is 0 Å². The minimum absolute atomic E-state index is 0.153. The van der Waals surface area contributed by atoms with Crippen LogP contribution in [0.4, 0.5) is 0 Å². The van der Waals surface area contributed by atoms with Crippen molar-refractivity contribution in [2.75, 3.05) is 6.61 Å². The van der Waals surface area contributed by atoms with Gasteiger partial charge in [0, 0.05) is 11.8 Å². The van der Waals surface area contributed by atoms with Crippen molar-refractivity contribution in [3.8, 4) is 17.6 Å². The molecule has 0 aliphatic heterocycles. The summed E-state index contributed by atoms with van der Waals surface area (Å²) in [4.78, 5) is 4.10. The third kappa shape index (κ3) is 3.42. The van der Waals surface area contributed by atoms with E-state index in [0.717, 1.165) is 5.56 Å². The Bertz CT molecular complexity index is 698. The first-order valence-electron chi connectivity index (χ1n) is 7.13. The molecule has 0 saturated carbocycles. The van der Waals surface area contributed by atoms with Crippen molar-refractivity contribution >= 4 is 0 Å². The van der Waals surface area contributed by atoms with Crippen molar-refractivity contribution in [2.45, 2.75) is 25.9 Å². The van der Waals surface area contributed by atoms with Gasteiger partial charge in [0.2, 0.25) is 0 Å². The molecule has 0 amide bonds. The highest BCUT2D eigenvalue weighted by molar-refractivity contribution is 5.38. The van der Waals surface area contributed by atoms with E-state index in [2.05, 4.69) is 35.0 Å². The van der Waals surface area contributed by atoms with Crippen molar-refractivity contribution in [3.63, 3.8) is 0 Å². The highest BCUT2D eigenvalue weighted by Crippen LogP contribution is 2.23. The Morgan fingerprint density at radius 1 is 1.14 bits per heavy atom. The predicted molar refractivity (Wildman–Crippen MR) is 81.0 cm³/mol. The molecule has 0 radical (unpaired) electrons. The van der Waals surface area contributed by atoms with E-state index in [1.54, 1.807) is 12.4 Å². The van der Waals surface area contributed by atoms with E-state index in [0.29, 0.717) is 12.4 Å². The first kappa shape index (κ1) is 13.7. The van der Waals surface area contributed by atoms with Crippen LogP contribution in [0.1, 0.15) is 28.7 Å². The zero-order valence-corrected chi connectivity index (χ0v) is 11.8. The van der Waals surface area contributed by atoms with Crippen LogP contribution in [0, 0.1) is 11.8 Å². The molecule has 1 aromatic heterocycles. The second kappa shape index (κ2) is 6.43. The Kier molecular flexibility index (Phi) is 4.18. The maximum Gasteiger partial charge on any atom is 0.139 e. The van der Waals surface area contributed by atoms with Gasteiger partial charge in [-0.2, -0.15) is 0 Å². The van der Waals surface area contributed by atoms with E-state index < -0.39 is 0 Å². The topological polar surface area (TPSA) is 42.4 Å². The maximum atomic E-state index is 8.70. The lowest BCUT2D eigenvalue weighted by Crippen LogP contribution is -1.97. The van der Waals surface area contributed by atoms with Crippen LogP contribution in [-0.2, 0) is 19.4 Å². The van der Waals surface area contributed by atoms with E-state index in [-0.39, 0.29) is 6.61 Å². The Morgan fingerprint density at radius 2 is 2.05 bits per heavy atom. The Labute approximate surface area is 124 Å². The number of aromatic nitrogens is 1. The maximum absolute atomic E-state index is 8.70. The molecule has 1 aliphatic rings. The molecule has 1 heterocycles. The lowest BCUT2D eigenvalue weighted by molar-refractivity contribution is 0.305. The van der Waals surface area contributed by atoms with Crippen molar-refractivity contribution < 1.29 is 9.84 Å². The number of aryl methyl sites for hydroxylation is 2. The number of hydrogen-bond acceptors (Lipinski definition) is 3. The average molecular weight is 279 g/mol. The lowest BCUT2D eigenvalue weighted by Gasteiger charge is -2.08. The van der Waals surface area contributed by atoms with Crippen molar-refractivity contribution in [2.24, 2.45) is 0 Å². The number of fused-ring (bicyclic) bond motifs is 1. The van der Waals surface area contributed by atoms with E-state index in [9.17, 15) is 0 Å². The van der Waals surface area contributed by atoms with E-state index in [1.807, 2.05) is 6.07 Å². The number of hydrogen-bond donors (Lipinski definition) is 1. The normalized spacial score (nSPS) is 12.4. The van der Waals surface area contributed by atoms with Gasteiger partial charge in [0.05, 0.1) is 6.20 Å². The Hall–Kier alpha value is -2.31. The largest absolute Gasteiger partial charge is 0.487 e. The molecule has 0 bridgehead atoms. The van der Waals surface area contributed by atoms with E-state index >= 15 is 0 Å². The quantitative estimate of drug-likeness (QED) is 0.878. The number of aliphatic hydroxyl groups is 1. The van der Waals surface area contributed by atoms with Gasteiger partial charge in [-0.1, -0.05) is 30.0 Å².